The van der Waals surface area contributed by atoms with E-state index in [9.17, 15) is 0 Å². The van der Waals surface area contributed by atoms with Gasteiger partial charge in [-0.2, -0.15) is 0 Å². The zero-order valence-corrected chi connectivity index (χ0v) is 20.6. The SMILES string of the molecule is c1cc(-c2ccc3c4ccc(-c5cccc6ncccc56)cc4c4ccccc4c3c2)c2cccnc2c1. The Bertz CT molecular complexity index is 2010. The number of nitrogens with zero attached hydrogens (tertiary/aromatic N) is 2. The van der Waals surface area contributed by atoms with Crippen LogP contribution in [0.5, 0.6) is 0 Å². The Hall–Kier alpha value is -5.08. The van der Waals surface area contributed by atoms with Gasteiger partial charge in [-0.1, -0.05) is 84.9 Å². The molecule has 0 unspecified atom stereocenters. The van der Waals surface area contributed by atoms with Crippen molar-refractivity contribution >= 4 is 54.1 Å². The molecular weight excluding hydrogens is 460 g/mol. The van der Waals surface area contributed by atoms with Crippen LogP contribution in [-0.2, 0) is 0 Å². The standard InChI is InChI=1S/C36H22N2/c1-2-8-28-27(7-1)33-21-23(25-9-3-13-35-31(25)11-5-19-37-35)15-17-29(33)30-18-16-24(22-34(28)30)26-10-4-14-36-32(26)12-6-20-38-36/h1-22H. The molecule has 0 spiro atoms. The first-order valence-electron chi connectivity index (χ1n) is 12.9. The molecule has 0 bridgehead atoms. The molecule has 0 fully saturated rings. The molecule has 2 heterocycles. The van der Waals surface area contributed by atoms with E-state index in [2.05, 4.69) is 119 Å². The van der Waals surface area contributed by atoms with Crippen LogP contribution in [0.3, 0.4) is 0 Å². The third kappa shape index (κ3) is 3.14. The molecule has 2 heteroatoms. The molecule has 0 saturated carbocycles. The van der Waals surface area contributed by atoms with Crippen LogP contribution in [0.25, 0.3) is 76.4 Å². The lowest BCUT2D eigenvalue weighted by Crippen LogP contribution is -1.88. The lowest BCUT2D eigenvalue weighted by atomic mass is 9.89. The molecule has 0 atom stereocenters. The maximum atomic E-state index is 4.57. The Morgan fingerprint density at radius 1 is 0.316 bits per heavy atom. The van der Waals surface area contributed by atoms with Crippen molar-refractivity contribution in [2.45, 2.75) is 0 Å². The van der Waals surface area contributed by atoms with Crippen molar-refractivity contribution < 1.29 is 0 Å². The summed E-state index contributed by atoms with van der Waals surface area (Å²) in [6, 6.07) is 43.6. The van der Waals surface area contributed by atoms with Gasteiger partial charge < -0.3 is 0 Å². The highest BCUT2D eigenvalue weighted by atomic mass is 14.6. The van der Waals surface area contributed by atoms with E-state index >= 15 is 0 Å². The van der Waals surface area contributed by atoms with Gasteiger partial charge in [0.05, 0.1) is 11.0 Å². The van der Waals surface area contributed by atoms with Gasteiger partial charge in [0.1, 0.15) is 0 Å². The van der Waals surface area contributed by atoms with Crippen molar-refractivity contribution in [3.8, 4) is 22.3 Å². The predicted octanol–water partition coefficient (Wildman–Crippen LogP) is 9.58. The van der Waals surface area contributed by atoms with Gasteiger partial charge in [0.2, 0.25) is 0 Å². The molecule has 0 amide bonds. The number of hydrogen-bond acceptors (Lipinski definition) is 2. The smallest absolute Gasteiger partial charge is 0.0708 e. The average molecular weight is 483 g/mol. The predicted molar refractivity (Wildman–Crippen MR) is 160 cm³/mol. The minimum Gasteiger partial charge on any atom is -0.256 e. The number of hydrogen-bond donors (Lipinski definition) is 0. The first-order chi connectivity index (χ1) is 18.8. The van der Waals surface area contributed by atoms with Crippen LogP contribution in [0, 0.1) is 0 Å². The van der Waals surface area contributed by atoms with Gasteiger partial charge in [0, 0.05) is 23.2 Å². The summed E-state index contributed by atoms with van der Waals surface area (Å²) in [4.78, 5) is 9.14. The van der Waals surface area contributed by atoms with Gasteiger partial charge in [0.15, 0.2) is 0 Å². The van der Waals surface area contributed by atoms with Crippen LogP contribution in [0.15, 0.2) is 134 Å². The van der Waals surface area contributed by atoms with Crippen molar-refractivity contribution in [2.75, 3.05) is 0 Å². The molecule has 0 radical (unpaired) electrons. The van der Waals surface area contributed by atoms with Crippen LogP contribution in [0.2, 0.25) is 0 Å². The van der Waals surface area contributed by atoms with Crippen LogP contribution in [-0.4, -0.2) is 9.97 Å². The van der Waals surface area contributed by atoms with E-state index < -0.39 is 0 Å². The molecule has 2 nitrogen and oxygen atoms in total. The molecule has 0 aliphatic rings. The molecule has 0 N–H and O–H groups in total. The normalized spacial score (nSPS) is 11.7. The molecule has 8 rings (SSSR count). The van der Waals surface area contributed by atoms with E-state index in [0.717, 1.165) is 11.0 Å². The Morgan fingerprint density at radius 3 is 1.26 bits per heavy atom. The number of pyridine rings is 2. The second kappa shape index (κ2) is 8.22. The van der Waals surface area contributed by atoms with Gasteiger partial charge in [-0.25, -0.2) is 0 Å². The summed E-state index contributed by atoms with van der Waals surface area (Å²) in [6.45, 7) is 0. The second-order valence-corrected chi connectivity index (χ2v) is 9.82. The Kier molecular flexibility index (Phi) is 4.55. The zero-order chi connectivity index (χ0) is 25.1. The van der Waals surface area contributed by atoms with Gasteiger partial charge in [-0.15, -0.1) is 0 Å². The molecular formula is C36H22N2. The molecule has 2 aromatic heterocycles. The number of rotatable bonds is 2. The largest absolute Gasteiger partial charge is 0.256 e. The first-order valence-corrected chi connectivity index (χ1v) is 12.9. The fourth-order valence-electron chi connectivity index (χ4n) is 6.00. The molecule has 0 aliphatic heterocycles. The molecule has 0 saturated heterocycles. The van der Waals surface area contributed by atoms with Crippen LogP contribution >= 0.6 is 0 Å². The lowest BCUT2D eigenvalue weighted by Gasteiger charge is -2.14. The summed E-state index contributed by atoms with van der Waals surface area (Å²) in [5.41, 5.74) is 6.87. The van der Waals surface area contributed by atoms with Crippen molar-refractivity contribution in [3.63, 3.8) is 0 Å². The summed E-state index contributed by atoms with van der Waals surface area (Å²) in [5.74, 6) is 0. The maximum Gasteiger partial charge on any atom is 0.0708 e. The van der Waals surface area contributed by atoms with E-state index in [-0.39, 0.29) is 0 Å². The highest BCUT2D eigenvalue weighted by Crippen LogP contribution is 2.40. The second-order valence-electron chi connectivity index (χ2n) is 9.82. The highest BCUT2D eigenvalue weighted by Gasteiger charge is 2.13. The highest BCUT2D eigenvalue weighted by molar-refractivity contribution is 6.26. The minimum atomic E-state index is 1.02. The van der Waals surface area contributed by atoms with Gasteiger partial charge in [0.25, 0.3) is 0 Å². The van der Waals surface area contributed by atoms with Gasteiger partial charge >= 0.3 is 0 Å². The van der Waals surface area contributed by atoms with E-state index in [0.29, 0.717) is 0 Å². The molecule has 6 aromatic carbocycles. The fraction of sp³-hybridized carbons (Fsp3) is 0. The Morgan fingerprint density at radius 2 is 0.763 bits per heavy atom. The zero-order valence-electron chi connectivity index (χ0n) is 20.6. The summed E-state index contributed by atoms with van der Waals surface area (Å²) >= 11 is 0. The third-order valence-corrected chi connectivity index (χ3v) is 7.75. The van der Waals surface area contributed by atoms with E-state index in [1.807, 2.05) is 24.5 Å². The Balaban J connectivity index is 1.41. The van der Waals surface area contributed by atoms with Crippen molar-refractivity contribution in [3.05, 3.63) is 134 Å². The van der Waals surface area contributed by atoms with Crippen LogP contribution < -0.4 is 0 Å². The number of aromatic nitrogens is 2. The topological polar surface area (TPSA) is 25.8 Å². The van der Waals surface area contributed by atoms with E-state index in [1.54, 1.807) is 0 Å². The first kappa shape index (κ1) is 21.0. The number of benzene rings is 6. The van der Waals surface area contributed by atoms with E-state index in [4.69, 9.17) is 0 Å². The van der Waals surface area contributed by atoms with Gasteiger partial charge in [-0.05, 0) is 91.0 Å². The molecule has 176 valence electrons. The number of fused-ring (bicyclic) bond motifs is 8. The van der Waals surface area contributed by atoms with Crippen LogP contribution in [0.4, 0.5) is 0 Å². The Labute approximate surface area is 219 Å². The maximum absolute atomic E-state index is 4.57. The lowest BCUT2D eigenvalue weighted by molar-refractivity contribution is 1.41. The monoisotopic (exact) mass is 482 g/mol. The molecule has 8 aromatic rings. The molecule has 38 heavy (non-hydrogen) atoms. The van der Waals surface area contributed by atoms with E-state index in [1.165, 1.54) is 65.3 Å². The van der Waals surface area contributed by atoms with Crippen molar-refractivity contribution in [1.29, 1.82) is 0 Å². The summed E-state index contributed by atoms with van der Waals surface area (Å²) < 4.78 is 0. The quantitative estimate of drug-likeness (QED) is 0.229. The average Bonchev–Trinajstić information content (AvgIpc) is 3.00. The van der Waals surface area contributed by atoms with Gasteiger partial charge in [-0.3, -0.25) is 9.97 Å². The van der Waals surface area contributed by atoms with Crippen molar-refractivity contribution in [2.24, 2.45) is 0 Å². The fourth-order valence-corrected chi connectivity index (χ4v) is 6.00. The minimum absolute atomic E-state index is 1.02. The summed E-state index contributed by atoms with van der Waals surface area (Å²) in [5, 5.41) is 9.97. The summed E-state index contributed by atoms with van der Waals surface area (Å²) in [6.07, 6.45) is 3.71. The summed E-state index contributed by atoms with van der Waals surface area (Å²) in [7, 11) is 0. The van der Waals surface area contributed by atoms with Crippen molar-refractivity contribution in [1.82, 2.24) is 9.97 Å². The third-order valence-electron chi connectivity index (χ3n) is 7.75. The molecule has 0 aliphatic carbocycles. The van der Waals surface area contributed by atoms with Crippen LogP contribution in [0.1, 0.15) is 0 Å².